The number of nitro groups is 1. The molecule has 1 aromatic heterocycles. The van der Waals surface area contributed by atoms with Crippen LogP contribution in [0.5, 0.6) is 17.2 Å². The van der Waals surface area contributed by atoms with Crippen LogP contribution in [0.3, 0.4) is 0 Å². The van der Waals surface area contributed by atoms with Crippen molar-refractivity contribution in [1.82, 2.24) is 0 Å². The Labute approximate surface area is 187 Å². The van der Waals surface area contributed by atoms with E-state index in [4.69, 9.17) is 25.5 Å². The Bertz CT molecular complexity index is 1410. The van der Waals surface area contributed by atoms with Gasteiger partial charge < -0.3 is 19.0 Å². The highest BCUT2D eigenvalue weighted by molar-refractivity contribution is 6.31. The molecule has 4 aromatic rings. The maximum atomic E-state index is 11.2. The number of nitro benzene ring substituents is 1. The standard InChI is InChI=1S/C23H17ClN2O6/c1-30-21-7-3-13(9-23(21)31-2)22-12-17(16-10-14(24)4-8-20(16)32-22)25-18-11-15(26(28)29)5-6-19(18)27/h3-12,27H,1-2H3. The fourth-order valence-corrected chi connectivity index (χ4v) is 3.38. The molecule has 0 fully saturated rings. The van der Waals surface area contributed by atoms with Gasteiger partial charge in [0.2, 0.25) is 0 Å². The summed E-state index contributed by atoms with van der Waals surface area (Å²) in [5.41, 5.74) is 1.04. The number of hydrogen-bond acceptors (Lipinski definition) is 7. The lowest BCUT2D eigenvalue weighted by molar-refractivity contribution is -0.384. The molecule has 0 aliphatic heterocycles. The summed E-state index contributed by atoms with van der Waals surface area (Å²) in [4.78, 5) is 15.1. The topological polar surface area (TPSA) is 107 Å². The van der Waals surface area contributed by atoms with Gasteiger partial charge in [-0.1, -0.05) is 11.6 Å². The lowest BCUT2D eigenvalue weighted by Gasteiger charge is -2.10. The molecule has 0 saturated heterocycles. The molecule has 0 aliphatic rings. The van der Waals surface area contributed by atoms with Gasteiger partial charge in [-0.25, -0.2) is 4.99 Å². The van der Waals surface area contributed by atoms with Crippen molar-refractivity contribution < 1.29 is 23.9 Å². The first kappa shape index (κ1) is 21.2. The predicted molar refractivity (Wildman–Crippen MR) is 120 cm³/mol. The SMILES string of the molecule is COc1ccc(-c2cc(=Nc3cc([N+](=O)[O-])ccc3O)c3cc(Cl)ccc3o2)cc1OC. The van der Waals surface area contributed by atoms with Crippen LogP contribution in [-0.4, -0.2) is 24.2 Å². The summed E-state index contributed by atoms with van der Waals surface area (Å²) in [7, 11) is 3.08. The molecule has 0 radical (unpaired) electrons. The molecule has 3 aromatic carbocycles. The minimum Gasteiger partial charge on any atom is -0.506 e. The Morgan fingerprint density at radius 1 is 1.00 bits per heavy atom. The molecule has 9 heteroatoms. The van der Waals surface area contributed by atoms with Gasteiger partial charge in [-0.15, -0.1) is 0 Å². The number of aromatic hydroxyl groups is 1. The number of phenols is 1. The van der Waals surface area contributed by atoms with Gasteiger partial charge in [0.25, 0.3) is 5.69 Å². The first-order valence-corrected chi connectivity index (χ1v) is 9.75. The molecule has 32 heavy (non-hydrogen) atoms. The second-order valence-electron chi connectivity index (χ2n) is 6.75. The van der Waals surface area contributed by atoms with Crippen molar-refractivity contribution in [2.45, 2.75) is 0 Å². The normalized spacial score (nSPS) is 11.5. The first-order valence-electron chi connectivity index (χ1n) is 9.37. The number of fused-ring (bicyclic) bond motifs is 1. The van der Waals surface area contributed by atoms with E-state index in [1.807, 2.05) is 0 Å². The van der Waals surface area contributed by atoms with Crippen molar-refractivity contribution >= 4 is 33.9 Å². The van der Waals surface area contributed by atoms with E-state index in [-0.39, 0.29) is 17.1 Å². The lowest BCUT2D eigenvalue weighted by atomic mass is 10.1. The minimum atomic E-state index is -0.553. The molecular weight excluding hydrogens is 436 g/mol. The summed E-state index contributed by atoms with van der Waals surface area (Å²) < 4.78 is 16.7. The van der Waals surface area contributed by atoms with E-state index in [2.05, 4.69) is 4.99 Å². The van der Waals surface area contributed by atoms with Crippen LogP contribution in [0.25, 0.3) is 22.3 Å². The van der Waals surface area contributed by atoms with E-state index in [9.17, 15) is 15.2 Å². The van der Waals surface area contributed by atoms with Crippen LogP contribution in [0.1, 0.15) is 0 Å². The fourth-order valence-electron chi connectivity index (χ4n) is 3.21. The van der Waals surface area contributed by atoms with Gasteiger partial charge in [-0.2, -0.15) is 0 Å². The Balaban J connectivity index is 1.99. The molecule has 0 bridgehead atoms. The predicted octanol–water partition coefficient (Wildman–Crippen LogP) is 5.62. The van der Waals surface area contributed by atoms with Crippen molar-refractivity contribution in [1.29, 1.82) is 0 Å². The van der Waals surface area contributed by atoms with Crippen LogP contribution < -0.4 is 14.8 Å². The third-order valence-corrected chi connectivity index (χ3v) is 5.02. The van der Waals surface area contributed by atoms with Crippen LogP contribution in [0.2, 0.25) is 5.02 Å². The molecule has 0 spiro atoms. The summed E-state index contributed by atoms with van der Waals surface area (Å²) in [6, 6.07) is 15.7. The number of halogens is 1. The highest BCUT2D eigenvalue weighted by Crippen LogP contribution is 2.34. The number of methoxy groups -OCH3 is 2. The van der Waals surface area contributed by atoms with E-state index < -0.39 is 4.92 Å². The molecule has 1 heterocycles. The number of phenolic OH excluding ortho intramolecular Hbond substituents is 1. The van der Waals surface area contributed by atoms with E-state index in [0.29, 0.717) is 44.2 Å². The quantitative estimate of drug-likeness (QED) is 0.311. The Morgan fingerprint density at radius 3 is 2.50 bits per heavy atom. The number of hydrogen-bond donors (Lipinski definition) is 1. The van der Waals surface area contributed by atoms with Crippen molar-refractivity contribution in [3.05, 3.63) is 81.2 Å². The maximum absolute atomic E-state index is 11.2. The van der Waals surface area contributed by atoms with Gasteiger partial charge in [0, 0.05) is 34.2 Å². The number of non-ortho nitro benzene ring substituents is 1. The zero-order valence-electron chi connectivity index (χ0n) is 17.0. The van der Waals surface area contributed by atoms with Crippen molar-refractivity contribution in [3.8, 4) is 28.6 Å². The number of benzene rings is 3. The highest BCUT2D eigenvalue weighted by Gasteiger charge is 2.13. The smallest absolute Gasteiger partial charge is 0.271 e. The molecule has 162 valence electrons. The second-order valence-corrected chi connectivity index (χ2v) is 7.18. The van der Waals surface area contributed by atoms with Crippen LogP contribution in [0.4, 0.5) is 11.4 Å². The molecule has 0 amide bonds. The van der Waals surface area contributed by atoms with Gasteiger partial charge in [-0.3, -0.25) is 10.1 Å². The summed E-state index contributed by atoms with van der Waals surface area (Å²) in [5.74, 6) is 1.35. The second kappa shape index (κ2) is 8.60. The van der Waals surface area contributed by atoms with Gasteiger partial charge >= 0.3 is 0 Å². The van der Waals surface area contributed by atoms with E-state index in [1.165, 1.54) is 25.3 Å². The Hall–Kier alpha value is -4.04. The highest BCUT2D eigenvalue weighted by atomic mass is 35.5. The Morgan fingerprint density at radius 2 is 1.78 bits per heavy atom. The summed E-state index contributed by atoms with van der Waals surface area (Å²) in [5, 5.41) is 22.8. The minimum absolute atomic E-state index is 0.0462. The summed E-state index contributed by atoms with van der Waals surface area (Å²) in [6.07, 6.45) is 0. The molecule has 1 N–H and O–H groups in total. The Kier molecular flexibility index (Phi) is 5.70. The summed E-state index contributed by atoms with van der Waals surface area (Å²) in [6.45, 7) is 0. The fraction of sp³-hybridized carbons (Fsp3) is 0.0870. The number of nitrogens with zero attached hydrogens (tertiary/aromatic N) is 2. The monoisotopic (exact) mass is 452 g/mol. The van der Waals surface area contributed by atoms with Gasteiger partial charge in [-0.05, 0) is 42.5 Å². The number of ether oxygens (including phenoxy) is 2. The molecule has 8 nitrogen and oxygen atoms in total. The van der Waals surface area contributed by atoms with Crippen LogP contribution in [0, 0.1) is 10.1 Å². The zero-order chi connectivity index (χ0) is 22.8. The van der Waals surface area contributed by atoms with Crippen LogP contribution in [-0.2, 0) is 0 Å². The largest absolute Gasteiger partial charge is 0.506 e. The van der Waals surface area contributed by atoms with Crippen molar-refractivity contribution in [2.24, 2.45) is 4.99 Å². The third-order valence-electron chi connectivity index (χ3n) is 4.78. The first-order chi connectivity index (χ1) is 15.4. The molecule has 0 saturated carbocycles. The molecule has 0 aliphatic carbocycles. The number of rotatable bonds is 5. The van der Waals surface area contributed by atoms with E-state index >= 15 is 0 Å². The van der Waals surface area contributed by atoms with Gasteiger partial charge in [0.1, 0.15) is 22.8 Å². The van der Waals surface area contributed by atoms with Crippen molar-refractivity contribution in [2.75, 3.05) is 14.2 Å². The van der Waals surface area contributed by atoms with Gasteiger partial charge in [0.15, 0.2) is 11.5 Å². The molecule has 0 atom stereocenters. The average molecular weight is 453 g/mol. The van der Waals surface area contributed by atoms with E-state index in [1.54, 1.807) is 49.6 Å². The molecule has 0 unspecified atom stereocenters. The zero-order valence-corrected chi connectivity index (χ0v) is 17.8. The average Bonchev–Trinajstić information content (AvgIpc) is 2.79. The maximum Gasteiger partial charge on any atom is 0.271 e. The lowest BCUT2D eigenvalue weighted by Crippen LogP contribution is -2.03. The van der Waals surface area contributed by atoms with Crippen LogP contribution in [0.15, 0.2) is 70.1 Å². The van der Waals surface area contributed by atoms with E-state index in [0.717, 1.165) is 0 Å². The molecule has 4 rings (SSSR count). The molecular formula is C23H17ClN2O6. The van der Waals surface area contributed by atoms with Crippen LogP contribution >= 0.6 is 11.6 Å². The summed E-state index contributed by atoms with van der Waals surface area (Å²) >= 11 is 6.17. The third kappa shape index (κ3) is 4.08. The van der Waals surface area contributed by atoms with Crippen molar-refractivity contribution in [3.63, 3.8) is 0 Å². The van der Waals surface area contributed by atoms with Gasteiger partial charge in [0.05, 0.1) is 24.5 Å².